The molecule has 1 aromatic carbocycles. The lowest BCUT2D eigenvalue weighted by Crippen LogP contribution is -2.29. The summed E-state index contributed by atoms with van der Waals surface area (Å²) in [5.74, 6) is 1.66. The van der Waals surface area contributed by atoms with E-state index in [0.29, 0.717) is 0 Å². The predicted octanol–water partition coefficient (Wildman–Crippen LogP) is 2.60. The Morgan fingerprint density at radius 2 is 1.95 bits per heavy atom. The zero-order chi connectivity index (χ0) is 14.3. The highest BCUT2D eigenvalue weighted by atomic mass is 16.5. The number of likely N-dealkylation sites (N-methyl/N-ethyl adjacent to an activating group) is 1. The van der Waals surface area contributed by atoms with Gasteiger partial charge in [0, 0.05) is 31.9 Å². The number of anilines is 1. The van der Waals surface area contributed by atoms with E-state index in [-0.39, 0.29) is 6.04 Å². The minimum atomic E-state index is 0.252. The van der Waals surface area contributed by atoms with Crippen LogP contribution in [0.25, 0.3) is 0 Å². The third-order valence-corrected chi connectivity index (χ3v) is 3.54. The molecule has 1 aliphatic carbocycles. The molecule has 2 aliphatic rings. The molecule has 1 heterocycles. The summed E-state index contributed by atoms with van der Waals surface area (Å²) in [6, 6.07) is 6.33. The Bertz CT molecular complexity index is 627. The fourth-order valence-corrected chi connectivity index (χ4v) is 2.27. The Labute approximate surface area is 119 Å². The molecule has 1 atom stereocenters. The molecule has 0 saturated heterocycles. The number of allylic oxidation sites excluding steroid dienone is 1. The molecular weight excluding hydrogens is 250 g/mol. The largest absolute Gasteiger partial charge is 0.453 e. The SMILES string of the molecule is CN(C)c1ccc2c(c1)OC1=CC(N(C)C)C=CC1=N2. The van der Waals surface area contributed by atoms with Crippen LogP contribution in [-0.4, -0.2) is 44.8 Å². The van der Waals surface area contributed by atoms with Crippen molar-refractivity contribution in [3.8, 4) is 5.75 Å². The number of hydrogen-bond acceptors (Lipinski definition) is 4. The molecule has 1 aromatic rings. The summed E-state index contributed by atoms with van der Waals surface area (Å²) in [6.45, 7) is 0. The van der Waals surface area contributed by atoms with Crippen molar-refractivity contribution in [1.29, 1.82) is 0 Å². The molecule has 0 aromatic heterocycles. The van der Waals surface area contributed by atoms with E-state index in [4.69, 9.17) is 4.74 Å². The van der Waals surface area contributed by atoms with Gasteiger partial charge in [-0.05, 0) is 38.4 Å². The first-order valence-corrected chi connectivity index (χ1v) is 6.69. The molecule has 4 nitrogen and oxygen atoms in total. The topological polar surface area (TPSA) is 28.1 Å². The normalized spacial score (nSPS) is 19.8. The van der Waals surface area contributed by atoms with Gasteiger partial charge in [0.2, 0.25) is 0 Å². The van der Waals surface area contributed by atoms with E-state index >= 15 is 0 Å². The van der Waals surface area contributed by atoms with Gasteiger partial charge in [-0.25, -0.2) is 4.99 Å². The zero-order valence-electron chi connectivity index (χ0n) is 12.3. The molecule has 4 heteroatoms. The van der Waals surface area contributed by atoms with Crippen LogP contribution in [-0.2, 0) is 0 Å². The lowest BCUT2D eigenvalue weighted by molar-refractivity contribution is 0.375. The third-order valence-electron chi connectivity index (χ3n) is 3.54. The molecule has 0 saturated carbocycles. The Balaban J connectivity index is 1.99. The van der Waals surface area contributed by atoms with Crippen LogP contribution in [0.5, 0.6) is 5.75 Å². The van der Waals surface area contributed by atoms with E-state index in [2.05, 4.69) is 47.1 Å². The van der Waals surface area contributed by atoms with Crippen molar-refractivity contribution in [2.75, 3.05) is 33.1 Å². The van der Waals surface area contributed by atoms with Gasteiger partial charge in [0.1, 0.15) is 11.4 Å². The molecule has 0 radical (unpaired) electrons. The van der Waals surface area contributed by atoms with Crippen molar-refractivity contribution in [1.82, 2.24) is 4.90 Å². The van der Waals surface area contributed by atoms with E-state index in [1.54, 1.807) is 0 Å². The van der Waals surface area contributed by atoms with Crippen LogP contribution in [0.3, 0.4) is 0 Å². The summed E-state index contributed by atoms with van der Waals surface area (Å²) in [4.78, 5) is 8.85. The number of hydrogen-bond donors (Lipinski definition) is 0. The van der Waals surface area contributed by atoms with E-state index in [0.717, 1.165) is 28.6 Å². The summed E-state index contributed by atoms with van der Waals surface area (Å²) >= 11 is 0. The number of rotatable bonds is 2. The number of nitrogens with zero attached hydrogens (tertiary/aromatic N) is 3. The van der Waals surface area contributed by atoms with Crippen LogP contribution in [0, 0.1) is 0 Å². The summed E-state index contributed by atoms with van der Waals surface area (Å²) in [7, 11) is 8.14. The lowest BCUT2D eigenvalue weighted by Gasteiger charge is -2.26. The van der Waals surface area contributed by atoms with Crippen LogP contribution in [0.15, 0.2) is 47.2 Å². The molecule has 0 fully saturated rings. The Hall–Kier alpha value is -2.07. The van der Waals surface area contributed by atoms with Gasteiger partial charge in [-0.2, -0.15) is 0 Å². The summed E-state index contributed by atoms with van der Waals surface area (Å²) in [6.07, 6.45) is 6.26. The van der Waals surface area contributed by atoms with Gasteiger partial charge in [-0.3, -0.25) is 4.90 Å². The third kappa shape index (κ3) is 2.23. The van der Waals surface area contributed by atoms with Crippen molar-refractivity contribution in [3.05, 3.63) is 42.2 Å². The van der Waals surface area contributed by atoms with Crippen LogP contribution in [0.1, 0.15) is 0 Å². The second-order valence-corrected chi connectivity index (χ2v) is 5.49. The maximum absolute atomic E-state index is 6.03. The summed E-state index contributed by atoms with van der Waals surface area (Å²) in [5.41, 5.74) is 2.89. The number of fused-ring (bicyclic) bond motifs is 2. The van der Waals surface area contributed by atoms with Crippen LogP contribution in [0.2, 0.25) is 0 Å². The van der Waals surface area contributed by atoms with Crippen molar-refractivity contribution in [2.24, 2.45) is 4.99 Å². The average molecular weight is 269 g/mol. The Morgan fingerprint density at radius 1 is 1.15 bits per heavy atom. The first kappa shape index (κ1) is 12.9. The van der Waals surface area contributed by atoms with Gasteiger partial charge in [0.25, 0.3) is 0 Å². The number of ether oxygens (including phenoxy) is 1. The lowest BCUT2D eigenvalue weighted by atomic mass is 10.1. The van der Waals surface area contributed by atoms with E-state index in [1.807, 2.05) is 32.3 Å². The molecule has 1 unspecified atom stereocenters. The monoisotopic (exact) mass is 269 g/mol. The molecule has 0 bridgehead atoms. The summed E-state index contributed by atoms with van der Waals surface area (Å²) in [5, 5.41) is 0. The van der Waals surface area contributed by atoms with Crippen LogP contribution < -0.4 is 9.64 Å². The molecule has 104 valence electrons. The van der Waals surface area contributed by atoms with Gasteiger partial charge < -0.3 is 9.64 Å². The quantitative estimate of drug-likeness (QED) is 0.826. The number of benzene rings is 1. The molecular formula is C16H19N3O. The fourth-order valence-electron chi connectivity index (χ4n) is 2.27. The minimum Gasteiger partial charge on any atom is -0.453 e. The van der Waals surface area contributed by atoms with E-state index in [9.17, 15) is 0 Å². The van der Waals surface area contributed by atoms with Gasteiger partial charge >= 0.3 is 0 Å². The van der Waals surface area contributed by atoms with Crippen LogP contribution >= 0.6 is 0 Å². The van der Waals surface area contributed by atoms with E-state index in [1.165, 1.54) is 0 Å². The minimum absolute atomic E-state index is 0.252. The summed E-state index contributed by atoms with van der Waals surface area (Å²) < 4.78 is 6.03. The highest BCUT2D eigenvalue weighted by Crippen LogP contribution is 2.37. The zero-order valence-corrected chi connectivity index (χ0v) is 12.3. The highest BCUT2D eigenvalue weighted by molar-refractivity contribution is 6.10. The average Bonchev–Trinajstić information content (AvgIpc) is 2.43. The number of aliphatic imine (C=N–C) groups is 1. The highest BCUT2D eigenvalue weighted by Gasteiger charge is 2.22. The van der Waals surface area contributed by atoms with Crippen molar-refractivity contribution in [2.45, 2.75) is 6.04 Å². The van der Waals surface area contributed by atoms with Crippen molar-refractivity contribution in [3.63, 3.8) is 0 Å². The standard InChI is InChI=1S/C16H19N3O/c1-18(2)11-5-7-13-15(9-11)20-16-10-12(19(3)4)6-8-14(16)17-13/h5-11H,1-4H3. The first-order valence-electron chi connectivity index (χ1n) is 6.69. The predicted molar refractivity (Wildman–Crippen MR) is 83.2 cm³/mol. The van der Waals surface area contributed by atoms with Crippen molar-refractivity contribution >= 4 is 17.1 Å². The maximum Gasteiger partial charge on any atom is 0.155 e. The Morgan fingerprint density at radius 3 is 2.65 bits per heavy atom. The molecule has 3 rings (SSSR count). The van der Waals surface area contributed by atoms with Crippen LogP contribution in [0.4, 0.5) is 11.4 Å². The molecule has 0 N–H and O–H groups in total. The molecule has 1 aliphatic heterocycles. The van der Waals surface area contributed by atoms with Gasteiger partial charge in [0.05, 0.1) is 0 Å². The Kier molecular flexibility index (Phi) is 3.10. The van der Waals surface area contributed by atoms with Gasteiger partial charge in [-0.15, -0.1) is 0 Å². The van der Waals surface area contributed by atoms with E-state index < -0.39 is 0 Å². The second-order valence-electron chi connectivity index (χ2n) is 5.49. The fraction of sp³-hybridized carbons (Fsp3) is 0.312. The maximum atomic E-state index is 6.03. The molecule has 0 amide bonds. The molecule has 0 spiro atoms. The van der Waals surface area contributed by atoms with Gasteiger partial charge in [-0.1, -0.05) is 6.08 Å². The van der Waals surface area contributed by atoms with Gasteiger partial charge in [0.15, 0.2) is 11.5 Å². The molecule has 20 heavy (non-hydrogen) atoms. The second kappa shape index (κ2) is 4.80. The smallest absolute Gasteiger partial charge is 0.155 e. The first-order chi connectivity index (χ1) is 9.54. The van der Waals surface area contributed by atoms with Crippen molar-refractivity contribution < 1.29 is 4.74 Å².